The Bertz CT molecular complexity index is 233. The molecule has 0 N–H and O–H groups in total. The van der Waals surface area contributed by atoms with Crippen molar-refractivity contribution in [2.24, 2.45) is 0 Å². The van der Waals surface area contributed by atoms with Crippen LogP contribution in [0.4, 0.5) is 4.79 Å². The smallest absolute Gasteiger partial charge is 0.0783 e. The highest BCUT2D eigenvalue weighted by molar-refractivity contribution is 5.47. The van der Waals surface area contributed by atoms with Gasteiger partial charge in [0.25, 0.3) is 0 Å². The van der Waals surface area contributed by atoms with Gasteiger partial charge in [-0.15, -0.1) is 0 Å². The van der Waals surface area contributed by atoms with Gasteiger partial charge in [-0.2, -0.15) is 0 Å². The summed E-state index contributed by atoms with van der Waals surface area (Å²) >= 11 is 0. The molecule has 0 spiro atoms. The predicted molar refractivity (Wildman–Crippen MR) is 99.5 cm³/mol. The van der Waals surface area contributed by atoms with Crippen LogP contribution in [0.5, 0.6) is 0 Å². The second kappa shape index (κ2) is 17.0. The van der Waals surface area contributed by atoms with Gasteiger partial charge in [-0.3, -0.25) is 0 Å². The third kappa shape index (κ3) is 13.6. The Kier molecular flexibility index (Phi) is 19.9. The average molecular weight is 349 g/mol. The van der Waals surface area contributed by atoms with Crippen molar-refractivity contribution in [2.75, 3.05) is 52.4 Å². The van der Waals surface area contributed by atoms with Gasteiger partial charge >= 0.3 is 0 Å². The zero-order valence-corrected chi connectivity index (χ0v) is 17.7. The van der Waals surface area contributed by atoms with E-state index in [2.05, 4.69) is 55.4 Å². The summed E-state index contributed by atoms with van der Waals surface area (Å²) in [6.07, 6.45) is 0.297. The van der Waals surface area contributed by atoms with Crippen LogP contribution in [0.2, 0.25) is 0 Å². The number of carbonyl (C=O) groups is 1. The lowest BCUT2D eigenvalue weighted by Crippen LogP contribution is -2.47. The maximum absolute atomic E-state index is 8.33. The fraction of sp³-hybridized carbons (Fsp3) is 0.947. The summed E-state index contributed by atoms with van der Waals surface area (Å²) < 4.78 is 2.60. The highest BCUT2D eigenvalue weighted by Crippen LogP contribution is 2.06. The van der Waals surface area contributed by atoms with E-state index in [0.29, 0.717) is 0 Å². The van der Waals surface area contributed by atoms with E-state index in [1.165, 1.54) is 74.2 Å². The molecule has 0 amide bonds. The first-order valence-electron chi connectivity index (χ1n) is 9.80. The number of rotatable bonds is 10. The largest absolute Gasteiger partial charge is 0.652 e. The topological polar surface area (TPSA) is 63.2 Å². The third-order valence-corrected chi connectivity index (χ3v) is 5.42. The van der Waals surface area contributed by atoms with Crippen LogP contribution >= 0.6 is 0 Å². The Morgan fingerprint density at radius 1 is 0.583 bits per heavy atom. The minimum absolute atomic E-state index is 1.29. The summed E-state index contributed by atoms with van der Waals surface area (Å²) in [7, 11) is 0. The molecule has 0 aromatic rings. The predicted octanol–water partition coefficient (Wildman–Crippen LogP) is 2.10. The molecule has 0 aliphatic carbocycles. The number of hydrogen-bond donors (Lipinski definition) is 0. The van der Waals surface area contributed by atoms with E-state index >= 15 is 0 Å². The Labute approximate surface area is 151 Å². The molecule has 0 unspecified atom stereocenters. The van der Waals surface area contributed by atoms with Crippen molar-refractivity contribution >= 4 is 6.16 Å². The van der Waals surface area contributed by atoms with Crippen LogP contribution in [-0.2, 0) is 0 Å². The van der Waals surface area contributed by atoms with E-state index in [9.17, 15) is 0 Å². The molecule has 5 heteroatoms. The minimum Gasteiger partial charge on any atom is -0.652 e. The van der Waals surface area contributed by atoms with Gasteiger partial charge in [0.15, 0.2) is 0 Å². The first-order chi connectivity index (χ1) is 11.2. The molecule has 5 nitrogen and oxygen atoms in total. The molecule has 0 heterocycles. The zero-order valence-electron chi connectivity index (χ0n) is 17.7. The van der Waals surface area contributed by atoms with Crippen molar-refractivity contribution in [3.63, 3.8) is 0 Å². The first kappa shape index (κ1) is 28.0. The Hall–Kier alpha value is -0.810. The van der Waals surface area contributed by atoms with Crippen LogP contribution in [-0.4, -0.2) is 67.5 Å². The van der Waals surface area contributed by atoms with E-state index in [0.717, 1.165) is 0 Å². The van der Waals surface area contributed by atoms with E-state index in [-0.39, 0.29) is 0 Å². The van der Waals surface area contributed by atoms with E-state index in [1.54, 1.807) is 0 Å². The SMILES string of the molecule is CCC[N+](CC)(CC)CC.CCC[N+](CC)(CC)CC.O=C([O-])[O-]. The van der Waals surface area contributed by atoms with Gasteiger partial charge in [0.2, 0.25) is 0 Å². The summed E-state index contributed by atoms with van der Waals surface area (Å²) in [4.78, 5) is 8.33. The molecule has 0 rings (SSSR count). The molecular weight excluding hydrogens is 304 g/mol. The van der Waals surface area contributed by atoms with Crippen molar-refractivity contribution < 1.29 is 24.0 Å². The third-order valence-electron chi connectivity index (χ3n) is 5.42. The van der Waals surface area contributed by atoms with Gasteiger partial charge < -0.3 is 24.0 Å². The van der Waals surface area contributed by atoms with Crippen LogP contribution < -0.4 is 10.2 Å². The molecule has 0 atom stereocenters. The van der Waals surface area contributed by atoms with Gasteiger partial charge in [0, 0.05) is 0 Å². The molecule has 0 bridgehead atoms. The van der Waals surface area contributed by atoms with Crippen LogP contribution in [0.3, 0.4) is 0 Å². The van der Waals surface area contributed by atoms with Gasteiger partial charge in [-0.25, -0.2) is 0 Å². The van der Waals surface area contributed by atoms with Crippen LogP contribution in [0, 0.1) is 0 Å². The summed E-state index contributed by atoms with van der Waals surface area (Å²) in [6, 6.07) is 0. The normalized spacial score (nSPS) is 11.0. The second-order valence-corrected chi connectivity index (χ2v) is 6.28. The molecule has 0 saturated heterocycles. The molecule has 0 aliphatic heterocycles. The summed E-state index contributed by atoms with van der Waals surface area (Å²) in [5, 5.41) is 16.7. The quantitative estimate of drug-likeness (QED) is 0.568. The molecule has 0 aromatic carbocycles. The van der Waals surface area contributed by atoms with Crippen LogP contribution in [0.15, 0.2) is 0 Å². The molecule has 0 aromatic heterocycles. The minimum atomic E-state index is -2.33. The van der Waals surface area contributed by atoms with E-state index < -0.39 is 6.16 Å². The lowest BCUT2D eigenvalue weighted by Gasteiger charge is -2.35. The Morgan fingerprint density at radius 3 is 0.792 bits per heavy atom. The summed E-state index contributed by atoms with van der Waals surface area (Å²) in [6.45, 7) is 28.8. The molecule has 0 radical (unpaired) electrons. The van der Waals surface area contributed by atoms with E-state index in [4.69, 9.17) is 15.0 Å². The number of carboxylic acid groups (broad SMARTS) is 2. The zero-order chi connectivity index (χ0) is 19.6. The lowest BCUT2D eigenvalue weighted by atomic mass is 10.3. The van der Waals surface area contributed by atoms with Crippen molar-refractivity contribution in [2.45, 2.75) is 68.2 Å². The number of nitrogens with zero attached hydrogens (tertiary/aromatic N) is 2. The molecule has 24 heavy (non-hydrogen) atoms. The second-order valence-electron chi connectivity index (χ2n) is 6.28. The van der Waals surface area contributed by atoms with Gasteiger partial charge in [-0.05, 0) is 60.5 Å². The highest BCUT2D eigenvalue weighted by atomic mass is 16.6. The van der Waals surface area contributed by atoms with Crippen molar-refractivity contribution in [1.82, 2.24) is 0 Å². The van der Waals surface area contributed by atoms with Crippen molar-refractivity contribution in [1.29, 1.82) is 0 Å². The maximum Gasteiger partial charge on any atom is 0.0783 e. The van der Waals surface area contributed by atoms with E-state index in [1.807, 2.05) is 0 Å². The molecule has 148 valence electrons. The van der Waals surface area contributed by atoms with Crippen molar-refractivity contribution in [3.8, 4) is 0 Å². The van der Waals surface area contributed by atoms with Gasteiger partial charge in [0.05, 0.1) is 52.4 Å². The van der Waals surface area contributed by atoms with Gasteiger partial charge in [-0.1, -0.05) is 13.8 Å². The Morgan fingerprint density at radius 2 is 0.750 bits per heavy atom. The fourth-order valence-electron chi connectivity index (χ4n) is 3.24. The number of quaternary nitrogens is 2. The average Bonchev–Trinajstić information content (AvgIpc) is 2.58. The first-order valence-corrected chi connectivity index (χ1v) is 9.80. The monoisotopic (exact) mass is 348 g/mol. The van der Waals surface area contributed by atoms with Crippen LogP contribution in [0.25, 0.3) is 0 Å². The molecule has 0 saturated carbocycles. The molecule has 0 fully saturated rings. The molecular formula is C19H44N2O3. The lowest BCUT2D eigenvalue weighted by molar-refractivity contribution is -0.923. The highest BCUT2D eigenvalue weighted by Gasteiger charge is 2.18. The maximum atomic E-state index is 8.33. The number of hydrogen-bond acceptors (Lipinski definition) is 3. The number of carbonyl (C=O) groups excluding carboxylic acids is 1. The Balaban J connectivity index is -0.000000301. The van der Waals surface area contributed by atoms with Gasteiger partial charge in [0.1, 0.15) is 0 Å². The standard InChI is InChI=1S/2C9H22N.CH2O3/c2*1-5-9-10(6-2,7-3)8-4;2-1(3)4/h2*5-9H2,1-4H3;(H2,2,3,4)/q2*+1;/p-2. The summed E-state index contributed by atoms with van der Waals surface area (Å²) in [5.74, 6) is 0. The fourth-order valence-corrected chi connectivity index (χ4v) is 3.24. The van der Waals surface area contributed by atoms with Crippen LogP contribution in [0.1, 0.15) is 68.2 Å². The summed E-state index contributed by atoms with van der Waals surface area (Å²) in [5.41, 5.74) is 0. The molecule has 0 aliphatic rings. The van der Waals surface area contributed by atoms with Crippen molar-refractivity contribution in [3.05, 3.63) is 0 Å².